The third kappa shape index (κ3) is 2.92. The zero-order valence-corrected chi connectivity index (χ0v) is 12.8. The van der Waals surface area contributed by atoms with Crippen molar-refractivity contribution in [1.82, 2.24) is 25.2 Å². The van der Waals surface area contributed by atoms with Gasteiger partial charge in [0.15, 0.2) is 0 Å². The van der Waals surface area contributed by atoms with Crippen LogP contribution >= 0.6 is 0 Å². The Morgan fingerprint density at radius 1 is 1.09 bits per heavy atom. The minimum absolute atomic E-state index is 0.611. The predicted molar refractivity (Wildman–Crippen MR) is 87.4 cm³/mol. The summed E-state index contributed by atoms with van der Waals surface area (Å²) in [6, 6.07) is 14.2. The van der Waals surface area contributed by atoms with Gasteiger partial charge in [-0.1, -0.05) is 29.4 Å². The Hall–Kier alpha value is -2.76. The molecule has 1 fully saturated rings. The average Bonchev–Trinajstić information content (AvgIpc) is 3.25. The molecule has 3 heterocycles. The fourth-order valence-corrected chi connectivity index (χ4v) is 3.15. The minimum atomic E-state index is 0.611. The van der Waals surface area contributed by atoms with Gasteiger partial charge >= 0.3 is 0 Å². The molecule has 0 saturated carbocycles. The standard InChI is InChI=1S/C17H18N6/c1-2-6-16(7-3-1)23-17(19-20-21-23)22-10-8-15(13-22)11-14-5-4-9-18-12-14/h1-7,9,12,15H,8,10-11,13H2. The lowest BCUT2D eigenvalue weighted by Crippen LogP contribution is -2.24. The van der Waals surface area contributed by atoms with Crippen molar-refractivity contribution in [1.29, 1.82) is 0 Å². The highest BCUT2D eigenvalue weighted by Gasteiger charge is 2.26. The third-order valence-electron chi connectivity index (χ3n) is 4.27. The fourth-order valence-electron chi connectivity index (χ4n) is 3.15. The van der Waals surface area contributed by atoms with Gasteiger partial charge in [0.1, 0.15) is 0 Å². The van der Waals surface area contributed by atoms with Crippen LogP contribution < -0.4 is 4.90 Å². The highest BCUT2D eigenvalue weighted by atomic mass is 15.6. The SMILES string of the molecule is c1ccc(-n2nnnc2N2CCC(Cc3cccnc3)C2)cc1. The maximum absolute atomic E-state index is 4.23. The first kappa shape index (κ1) is 13.9. The molecule has 1 aliphatic heterocycles. The number of hydrogen-bond acceptors (Lipinski definition) is 5. The molecule has 2 aromatic heterocycles. The zero-order chi connectivity index (χ0) is 15.5. The molecule has 1 unspecified atom stereocenters. The van der Waals surface area contributed by atoms with E-state index in [2.05, 4.69) is 31.5 Å². The summed E-state index contributed by atoms with van der Waals surface area (Å²) in [5, 5.41) is 12.2. The molecule has 0 spiro atoms. The summed E-state index contributed by atoms with van der Waals surface area (Å²) in [5.41, 5.74) is 2.28. The van der Waals surface area contributed by atoms with Crippen molar-refractivity contribution in [2.75, 3.05) is 18.0 Å². The number of pyridine rings is 1. The Labute approximate surface area is 134 Å². The normalized spacial score (nSPS) is 17.6. The van der Waals surface area contributed by atoms with Crippen LogP contribution in [0.15, 0.2) is 54.9 Å². The smallest absolute Gasteiger partial charge is 0.250 e. The summed E-state index contributed by atoms with van der Waals surface area (Å²) in [5.74, 6) is 1.44. The zero-order valence-electron chi connectivity index (χ0n) is 12.8. The molecule has 3 aromatic rings. The van der Waals surface area contributed by atoms with E-state index < -0.39 is 0 Å². The Bertz CT molecular complexity index is 755. The van der Waals surface area contributed by atoms with Gasteiger partial charge in [-0.3, -0.25) is 4.98 Å². The molecule has 0 radical (unpaired) electrons. The second-order valence-corrected chi connectivity index (χ2v) is 5.89. The van der Waals surface area contributed by atoms with Crippen molar-refractivity contribution in [3.8, 4) is 5.69 Å². The lowest BCUT2D eigenvalue weighted by atomic mass is 10.0. The van der Waals surface area contributed by atoms with Crippen LogP contribution in [0.3, 0.4) is 0 Å². The number of anilines is 1. The van der Waals surface area contributed by atoms with E-state index in [1.54, 1.807) is 0 Å². The van der Waals surface area contributed by atoms with Crippen molar-refractivity contribution >= 4 is 5.95 Å². The Morgan fingerprint density at radius 2 is 2.00 bits per heavy atom. The number of rotatable bonds is 4. The maximum atomic E-state index is 4.23. The number of benzene rings is 1. The van der Waals surface area contributed by atoms with Crippen LogP contribution in [0.5, 0.6) is 0 Å². The Kier molecular flexibility index (Phi) is 3.71. The molecule has 0 bridgehead atoms. The molecule has 0 amide bonds. The highest BCUT2D eigenvalue weighted by Crippen LogP contribution is 2.25. The number of para-hydroxylation sites is 1. The minimum Gasteiger partial charge on any atom is -0.339 e. The molecular formula is C17H18N6. The van der Waals surface area contributed by atoms with Gasteiger partial charge in [-0.25, -0.2) is 0 Å². The first-order chi connectivity index (χ1) is 11.4. The quantitative estimate of drug-likeness (QED) is 0.739. The summed E-state index contributed by atoms with van der Waals surface area (Å²) >= 11 is 0. The van der Waals surface area contributed by atoms with Crippen LogP contribution in [0, 0.1) is 5.92 Å². The van der Waals surface area contributed by atoms with Gasteiger partial charge in [-0.15, -0.1) is 0 Å². The topological polar surface area (TPSA) is 59.7 Å². The van der Waals surface area contributed by atoms with E-state index in [4.69, 9.17) is 0 Å². The van der Waals surface area contributed by atoms with Gasteiger partial charge < -0.3 is 4.90 Å². The molecule has 6 nitrogen and oxygen atoms in total. The largest absolute Gasteiger partial charge is 0.339 e. The lowest BCUT2D eigenvalue weighted by molar-refractivity contribution is 0.584. The number of hydrogen-bond donors (Lipinski definition) is 0. The van der Waals surface area contributed by atoms with Crippen LogP contribution in [-0.2, 0) is 6.42 Å². The molecule has 116 valence electrons. The van der Waals surface area contributed by atoms with Gasteiger partial charge in [0.2, 0.25) is 5.95 Å². The summed E-state index contributed by atoms with van der Waals surface area (Å²) in [7, 11) is 0. The van der Waals surface area contributed by atoms with Crippen molar-refractivity contribution in [3.05, 3.63) is 60.4 Å². The number of aromatic nitrogens is 5. The monoisotopic (exact) mass is 306 g/mol. The molecule has 1 saturated heterocycles. The van der Waals surface area contributed by atoms with E-state index in [0.29, 0.717) is 5.92 Å². The average molecular weight is 306 g/mol. The van der Waals surface area contributed by atoms with Crippen LogP contribution in [0.25, 0.3) is 5.69 Å². The van der Waals surface area contributed by atoms with E-state index in [-0.39, 0.29) is 0 Å². The van der Waals surface area contributed by atoms with Crippen LogP contribution in [-0.4, -0.2) is 38.3 Å². The van der Waals surface area contributed by atoms with Crippen molar-refractivity contribution in [2.45, 2.75) is 12.8 Å². The van der Waals surface area contributed by atoms with E-state index in [9.17, 15) is 0 Å². The third-order valence-corrected chi connectivity index (χ3v) is 4.27. The van der Waals surface area contributed by atoms with Crippen LogP contribution in [0.2, 0.25) is 0 Å². The highest BCUT2D eigenvalue weighted by molar-refractivity contribution is 5.41. The second kappa shape index (κ2) is 6.16. The molecule has 1 aromatic carbocycles. The van der Waals surface area contributed by atoms with Gasteiger partial charge in [0.25, 0.3) is 0 Å². The molecule has 0 N–H and O–H groups in total. The Morgan fingerprint density at radius 3 is 2.83 bits per heavy atom. The molecule has 4 rings (SSSR count). The van der Waals surface area contributed by atoms with Gasteiger partial charge in [0, 0.05) is 25.5 Å². The molecule has 6 heteroatoms. The molecule has 23 heavy (non-hydrogen) atoms. The van der Waals surface area contributed by atoms with E-state index in [0.717, 1.165) is 37.6 Å². The van der Waals surface area contributed by atoms with Crippen molar-refractivity contribution in [2.24, 2.45) is 5.92 Å². The van der Waals surface area contributed by atoms with Crippen molar-refractivity contribution in [3.63, 3.8) is 0 Å². The Balaban J connectivity index is 1.50. The lowest BCUT2D eigenvalue weighted by Gasteiger charge is -2.17. The van der Waals surface area contributed by atoms with Crippen LogP contribution in [0.1, 0.15) is 12.0 Å². The molecule has 0 aliphatic carbocycles. The predicted octanol–water partition coefficient (Wildman–Crippen LogP) is 2.13. The second-order valence-electron chi connectivity index (χ2n) is 5.89. The van der Waals surface area contributed by atoms with Gasteiger partial charge in [-0.05, 0) is 52.9 Å². The summed E-state index contributed by atoms with van der Waals surface area (Å²) < 4.78 is 1.81. The van der Waals surface area contributed by atoms with Gasteiger partial charge in [-0.2, -0.15) is 4.68 Å². The number of tetrazole rings is 1. The first-order valence-electron chi connectivity index (χ1n) is 7.88. The van der Waals surface area contributed by atoms with E-state index in [1.165, 1.54) is 5.56 Å². The van der Waals surface area contributed by atoms with E-state index in [1.807, 2.05) is 53.5 Å². The number of nitrogens with zero attached hydrogens (tertiary/aromatic N) is 6. The molecule has 1 atom stereocenters. The summed E-state index contributed by atoms with van der Waals surface area (Å²) in [4.78, 5) is 6.47. The van der Waals surface area contributed by atoms with Crippen molar-refractivity contribution < 1.29 is 0 Å². The first-order valence-corrected chi connectivity index (χ1v) is 7.88. The maximum Gasteiger partial charge on any atom is 0.250 e. The van der Waals surface area contributed by atoms with E-state index >= 15 is 0 Å². The summed E-state index contributed by atoms with van der Waals surface area (Å²) in [6.07, 6.45) is 5.98. The summed E-state index contributed by atoms with van der Waals surface area (Å²) in [6.45, 7) is 1.96. The van der Waals surface area contributed by atoms with Gasteiger partial charge in [0.05, 0.1) is 5.69 Å². The molecule has 1 aliphatic rings. The molecular weight excluding hydrogens is 288 g/mol. The fraction of sp³-hybridized carbons (Fsp3) is 0.294. The van der Waals surface area contributed by atoms with Crippen LogP contribution in [0.4, 0.5) is 5.95 Å².